The second-order valence-electron chi connectivity index (χ2n) is 5.71. The van der Waals surface area contributed by atoms with Crippen molar-refractivity contribution in [1.82, 2.24) is 4.90 Å². The van der Waals surface area contributed by atoms with E-state index in [4.69, 9.17) is 4.74 Å². The highest BCUT2D eigenvalue weighted by Crippen LogP contribution is 2.32. The minimum atomic E-state index is -0.406. The van der Waals surface area contributed by atoms with E-state index in [1.54, 1.807) is 0 Å². The Balaban J connectivity index is 2.65. The van der Waals surface area contributed by atoms with E-state index in [0.29, 0.717) is 0 Å². The van der Waals surface area contributed by atoms with Crippen molar-refractivity contribution < 1.29 is 9.53 Å². The molecule has 1 rings (SSSR count). The summed E-state index contributed by atoms with van der Waals surface area (Å²) in [4.78, 5) is 14.0. The van der Waals surface area contributed by atoms with E-state index < -0.39 is 5.41 Å². The van der Waals surface area contributed by atoms with Crippen LogP contribution in [0, 0.1) is 5.41 Å². The van der Waals surface area contributed by atoms with Gasteiger partial charge in [0, 0.05) is 12.1 Å². The monoisotopic (exact) mass is 213 g/mol. The number of methoxy groups -OCH3 is 1. The van der Waals surface area contributed by atoms with E-state index >= 15 is 0 Å². The summed E-state index contributed by atoms with van der Waals surface area (Å²) in [7, 11) is 1.46. The van der Waals surface area contributed by atoms with E-state index in [0.717, 1.165) is 13.1 Å². The van der Waals surface area contributed by atoms with Crippen molar-refractivity contribution in [2.24, 2.45) is 5.41 Å². The van der Waals surface area contributed by atoms with Crippen molar-refractivity contribution in [3.63, 3.8) is 0 Å². The predicted octanol–water partition coefficient (Wildman–Crippen LogP) is 2.06. The van der Waals surface area contributed by atoms with E-state index in [9.17, 15) is 4.79 Å². The number of esters is 1. The molecule has 1 heterocycles. The van der Waals surface area contributed by atoms with Crippen LogP contribution in [0.4, 0.5) is 0 Å². The third kappa shape index (κ3) is 2.71. The lowest BCUT2D eigenvalue weighted by atomic mass is 9.91. The van der Waals surface area contributed by atoms with Crippen molar-refractivity contribution in [3.8, 4) is 0 Å². The molecule has 3 heteroatoms. The third-order valence-electron chi connectivity index (χ3n) is 3.40. The Morgan fingerprint density at radius 3 is 2.47 bits per heavy atom. The number of hydrogen-bond donors (Lipinski definition) is 0. The number of nitrogens with zero attached hydrogens (tertiary/aromatic N) is 1. The fourth-order valence-electron chi connectivity index (χ4n) is 2.27. The quantitative estimate of drug-likeness (QED) is 0.672. The summed E-state index contributed by atoms with van der Waals surface area (Å²) >= 11 is 0. The average molecular weight is 213 g/mol. The molecule has 0 atom stereocenters. The lowest BCUT2D eigenvalue weighted by Crippen LogP contribution is -2.46. The predicted molar refractivity (Wildman–Crippen MR) is 60.7 cm³/mol. The van der Waals surface area contributed by atoms with Crippen molar-refractivity contribution >= 4 is 5.97 Å². The van der Waals surface area contributed by atoms with Gasteiger partial charge in [-0.2, -0.15) is 0 Å². The van der Waals surface area contributed by atoms with Crippen molar-refractivity contribution in [1.29, 1.82) is 0 Å². The van der Waals surface area contributed by atoms with Crippen molar-refractivity contribution in [3.05, 3.63) is 0 Å². The van der Waals surface area contributed by atoms with Crippen LogP contribution in [0.3, 0.4) is 0 Å². The van der Waals surface area contributed by atoms with Crippen LogP contribution >= 0.6 is 0 Å². The van der Waals surface area contributed by atoms with E-state index in [1.807, 2.05) is 13.8 Å². The van der Waals surface area contributed by atoms with E-state index in [-0.39, 0.29) is 11.5 Å². The molecule has 0 aromatic rings. The average Bonchev–Trinajstić information content (AvgIpc) is 2.44. The van der Waals surface area contributed by atoms with Gasteiger partial charge in [-0.1, -0.05) is 0 Å². The topological polar surface area (TPSA) is 29.5 Å². The Morgan fingerprint density at radius 2 is 2.07 bits per heavy atom. The second-order valence-corrected chi connectivity index (χ2v) is 5.71. The van der Waals surface area contributed by atoms with Gasteiger partial charge in [0.25, 0.3) is 0 Å². The normalized spacial score (nSPS) is 21.7. The zero-order valence-corrected chi connectivity index (χ0v) is 10.6. The molecule has 15 heavy (non-hydrogen) atoms. The van der Waals surface area contributed by atoms with Crippen LogP contribution in [0.2, 0.25) is 0 Å². The SMILES string of the molecule is COC(=O)C(C)(C)CN1CCCC1(C)C. The van der Waals surface area contributed by atoms with Gasteiger partial charge in [0.15, 0.2) is 0 Å². The molecule has 0 radical (unpaired) electrons. The largest absolute Gasteiger partial charge is 0.469 e. The summed E-state index contributed by atoms with van der Waals surface area (Å²) in [6.45, 7) is 10.3. The Morgan fingerprint density at radius 1 is 1.47 bits per heavy atom. The Kier molecular flexibility index (Phi) is 3.44. The minimum Gasteiger partial charge on any atom is -0.469 e. The molecule has 0 saturated carbocycles. The van der Waals surface area contributed by atoms with Gasteiger partial charge in [-0.3, -0.25) is 9.69 Å². The van der Waals surface area contributed by atoms with Crippen molar-refractivity contribution in [2.75, 3.05) is 20.2 Å². The molecule has 1 aliphatic rings. The second kappa shape index (κ2) is 4.12. The smallest absolute Gasteiger partial charge is 0.312 e. The summed E-state index contributed by atoms with van der Waals surface area (Å²) in [6, 6.07) is 0. The highest BCUT2D eigenvalue weighted by Gasteiger charge is 2.38. The Labute approximate surface area is 92.8 Å². The van der Waals surface area contributed by atoms with Gasteiger partial charge in [-0.15, -0.1) is 0 Å². The van der Waals surface area contributed by atoms with Crippen molar-refractivity contribution in [2.45, 2.75) is 46.1 Å². The first kappa shape index (κ1) is 12.5. The molecule has 0 aliphatic carbocycles. The highest BCUT2D eigenvalue weighted by atomic mass is 16.5. The summed E-state index contributed by atoms with van der Waals surface area (Å²) in [6.07, 6.45) is 2.44. The van der Waals surface area contributed by atoms with Crippen LogP contribution in [-0.4, -0.2) is 36.6 Å². The van der Waals surface area contributed by atoms with Gasteiger partial charge >= 0.3 is 5.97 Å². The van der Waals surface area contributed by atoms with Crippen LogP contribution in [0.15, 0.2) is 0 Å². The maximum atomic E-state index is 11.6. The standard InChI is InChI=1S/C12H23NO2/c1-11(2,10(14)15-5)9-13-8-6-7-12(13,3)4/h6-9H2,1-5H3. The first-order valence-corrected chi connectivity index (χ1v) is 5.63. The van der Waals surface area contributed by atoms with Gasteiger partial charge < -0.3 is 4.74 Å². The molecule has 3 nitrogen and oxygen atoms in total. The lowest BCUT2D eigenvalue weighted by Gasteiger charge is -2.36. The van der Waals surface area contributed by atoms with Gasteiger partial charge in [0.1, 0.15) is 0 Å². The van der Waals surface area contributed by atoms with E-state index in [2.05, 4.69) is 18.7 Å². The molecule has 1 fully saturated rings. The molecule has 0 unspecified atom stereocenters. The number of hydrogen-bond acceptors (Lipinski definition) is 3. The zero-order valence-electron chi connectivity index (χ0n) is 10.6. The maximum absolute atomic E-state index is 11.6. The van der Waals surface area contributed by atoms with Gasteiger partial charge in [-0.05, 0) is 47.1 Å². The molecule has 0 aromatic carbocycles. The fourth-order valence-corrected chi connectivity index (χ4v) is 2.27. The minimum absolute atomic E-state index is 0.120. The lowest BCUT2D eigenvalue weighted by molar-refractivity contribution is -0.152. The maximum Gasteiger partial charge on any atom is 0.312 e. The number of carbonyl (C=O) groups excluding carboxylic acids is 1. The molecule has 0 aromatic heterocycles. The fraction of sp³-hybridized carbons (Fsp3) is 0.917. The van der Waals surface area contributed by atoms with Crippen LogP contribution in [0.1, 0.15) is 40.5 Å². The summed E-state index contributed by atoms with van der Waals surface area (Å²) < 4.78 is 4.83. The first-order valence-electron chi connectivity index (χ1n) is 5.63. The molecule has 0 bridgehead atoms. The molecular formula is C12H23NO2. The van der Waals surface area contributed by atoms with Gasteiger partial charge in [0.05, 0.1) is 12.5 Å². The molecule has 1 aliphatic heterocycles. The number of rotatable bonds is 3. The van der Waals surface area contributed by atoms with Crippen LogP contribution < -0.4 is 0 Å². The van der Waals surface area contributed by atoms with Gasteiger partial charge in [0.2, 0.25) is 0 Å². The van der Waals surface area contributed by atoms with Gasteiger partial charge in [-0.25, -0.2) is 0 Å². The zero-order chi connectivity index (χ0) is 11.7. The molecule has 88 valence electrons. The number of carbonyl (C=O) groups is 1. The molecule has 0 spiro atoms. The van der Waals surface area contributed by atoms with Crippen LogP contribution in [0.25, 0.3) is 0 Å². The molecule has 1 saturated heterocycles. The van der Waals surface area contributed by atoms with Crippen LogP contribution in [0.5, 0.6) is 0 Å². The Bertz CT molecular complexity index is 246. The number of ether oxygens (including phenoxy) is 1. The summed E-state index contributed by atoms with van der Waals surface area (Å²) in [5.74, 6) is -0.120. The van der Waals surface area contributed by atoms with Crippen LogP contribution in [-0.2, 0) is 9.53 Å². The summed E-state index contributed by atoms with van der Waals surface area (Å²) in [5.41, 5.74) is -0.179. The molecule has 0 N–H and O–H groups in total. The molecule has 0 amide bonds. The van der Waals surface area contributed by atoms with E-state index in [1.165, 1.54) is 20.0 Å². The first-order chi connectivity index (χ1) is 6.79. The number of likely N-dealkylation sites (tertiary alicyclic amines) is 1. The Hall–Kier alpha value is -0.570. The third-order valence-corrected chi connectivity index (χ3v) is 3.40. The highest BCUT2D eigenvalue weighted by molar-refractivity contribution is 5.76. The summed E-state index contributed by atoms with van der Waals surface area (Å²) in [5, 5.41) is 0. The molecular weight excluding hydrogens is 190 g/mol.